The molecule has 1 saturated carbocycles. The highest BCUT2D eigenvalue weighted by molar-refractivity contribution is 5.84. The number of amides is 1. The van der Waals surface area contributed by atoms with Crippen LogP contribution in [-0.4, -0.2) is 35.0 Å². The van der Waals surface area contributed by atoms with Crippen LogP contribution in [0.3, 0.4) is 0 Å². The van der Waals surface area contributed by atoms with Crippen molar-refractivity contribution in [1.29, 1.82) is 0 Å². The zero-order chi connectivity index (χ0) is 10.3. The molecule has 2 rings (SSSR count). The molecule has 0 spiro atoms. The Kier molecular flexibility index (Phi) is 2.21. The summed E-state index contributed by atoms with van der Waals surface area (Å²) in [5.74, 6) is -0.00751. The molecular formula is C10H15NO3. The van der Waals surface area contributed by atoms with E-state index in [2.05, 4.69) is 0 Å². The van der Waals surface area contributed by atoms with Gasteiger partial charge in [0.15, 0.2) is 0 Å². The lowest BCUT2D eigenvalue weighted by Crippen LogP contribution is -2.31. The van der Waals surface area contributed by atoms with Crippen molar-refractivity contribution < 1.29 is 14.7 Å². The Morgan fingerprint density at radius 3 is 2.93 bits per heavy atom. The second-order valence-corrected chi connectivity index (χ2v) is 4.41. The maximum atomic E-state index is 11.5. The van der Waals surface area contributed by atoms with Gasteiger partial charge in [-0.15, -0.1) is 0 Å². The van der Waals surface area contributed by atoms with E-state index in [4.69, 9.17) is 5.11 Å². The highest BCUT2D eigenvalue weighted by Gasteiger charge is 2.51. The summed E-state index contributed by atoms with van der Waals surface area (Å²) in [4.78, 5) is 23.9. The van der Waals surface area contributed by atoms with Crippen molar-refractivity contribution in [2.24, 2.45) is 17.8 Å². The number of carbonyl (C=O) groups excluding carboxylic acids is 1. The molecule has 2 fully saturated rings. The van der Waals surface area contributed by atoms with Crippen LogP contribution in [0.2, 0.25) is 0 Å². The number of likely N-dealkylation sites (tertiary alicyclic amines) is 1. The molecule has 0 aromatic carbocycles. The molecular weight excluding hydrogens is 182 g/mol. The Morgan fingerprint density at radius 1 is 1.71 bits per heavy atom. The molecule has 1 N–H and O–H groups in total. The molecule has 14 heavy (non-hydrogen) atoms. The first kappa shape index (κ1) is 9.49. The van der Waals surface area contributed by atoms with Crippen LogP contribution in [0.15, 0.2) is 0 Å². The SMILES string of the molecule is CC(CCN1CC2CC2C1=O)C(=O)O. The number of hydrogen-bond donors (Lipinski definition) is 1. The Bertz CT molecular complexity index is 277. The van der Waals surface area contributed by atoms with Gasteiger partial charge in [-0.1, -0.05) is 6.92 Å². The molecule has 4 nitrogen and oxygen atoms in total. The van der Waals surface area contributed by atoms with Crippen LogP contribution >= 0.6 is 0 Å². The Hall–Kier alpha value is -1.06. The molecule has 0 bridgehead atoms. The summed E-state index contributed by atoms with van der Waals surface area (Å²) in [6, 6.07) is 0. The summed E-state index contributed by atoms with van der Waals surface area (Å²) >= 11 is 0. The average molecular weight is 197 g/mol. The highest BCUT2D eigenvalue weighted by atomic mass is 16.4. The second kappa shape index (κ2) is 3.26. The molecule has 1 heterocycles. The van der Waals surface area contributed by atoms with Crippen LogP contribution in [0.4, 0.5) is 0 Å². The van der Waals surface area contributed by atoms with E-state index in [0.717, 1.165) is 13.0 Å². The van der Waals surface area contributed by atoms with Crippen molar-refractivity contribution in [3.05, 3.63) is 0 Å². The predicted octanol–water partition coefficient (Wildman–Crippen LogP) is 0.575. The first-order valence-electron chi connectivity index (χ1n) is 5.11. The van der Waals surface area contributed by atoms with Gasteiger partial charge in [0.2, 0.25) is 5.91 Å². The largest absolute Gasteiger partial charge is 0.481 e. The Morgan fingerprint density at radius 2 is 2.43 bits per heavy atom. The van der Waals surface area contributed by atoms with Crippen molar-refractivity contribution in [1.82, 2.24) is 4.90 Å². The number of hydrogen-bond acceptors (Lipinski definition) is 2. The van der Waals surface area contributed by atoms with Crippen LogP contribution in [0, 0.1) is 17.8 Å². The van der Waals surface area contributed by atoms with Gasteiger partial charge in [0.25, 0.3) is 0 Å². The lowest BCUT2D eigenvalue weighted by Gasteiger charge is -2.18. The van der Waals surface area contributed by atoms with E-state index in [1.54, 1.807) is 6.92 Å². The normalized spacial score (nSPS) is 31.5. The maximum absolute atomic E-state index is 11.5. The van der Waals surface area contributed by atoms with Crippen LogP contribution in [0.25, 0.3) is 0 Å². The van der Waals surface area contributed by atoms with Crippen molar-refractivity contribution >= 4 is 11.9 Å². The quantitative estimate of drug-likeness (QED) is 0.717. The van der Waals surface area contributed by atoms with Gasteiger partial charge in [-0.3, -0.25) is 9.59 Å². The molecule has 3 unspecified atom stereocenters. The number of carbonyl (C=O) groups is 2. The number of carboxylic acid groups (broad SMARTS) is 1. The van der Waals surface area contributed by atoms with E-state index >= 15 is 0 Å². The van der Waals surface area contributed by atoms with Gasteiger partial charge in [0.1, 0.15) is 0 Å². The summed E-state index contributed by atoms with van der Waals surface area (Å²) in [7, 11) is 0. The van der Waals surface area contributed by atoms with E-state index in [-0.39, 0.29) is 17.7 Å². The minimum Gasteiger partial charge on any atom is -0.481 e. The fourth-order valence-corrected chi connectivity index (χ4v) is 2.03. The summed E-state index contributed by atoms with van der Waals surface area (Å²) in [5, 5.41) is 8.68. The molecule has 78 valence electrons. The summed E-state index contributed by atoms with van der Waals surface area (Å²) < 4.78 is 0. The predicted molar refractivity (Wildman–Crippen MR) is 49.6 cm³/mol. The molecule has 3 atom stereocenters. The van der Waals surface area contributed by atoms with Gasteiger partial charge in [-0.05, 0) is 18.8 Å². The third-order valence-corrected chi connectivity index (χ3v) is 3.26. The molecule has 1 aliphatic heterocycles. The van der Waals surface area contributed by atoms with Crippen molar-refractivity contribution in [3.63, 3.8) is 0 Å². The van der Waals surface area contributed by atoms with Gasteiger partial charge in [0.05, 0.1) is 5.92 Å². The zero-order valence-electron chi connectivity index (χ0n) is 8.27. The minimum absolute atomic E-state index is 0.243. The first-order chi connectivity index (χ1) is 6.59. The fraction of sp³-hybridized carbons (Fsp3) is 0.800. The fourth-order valence-electron chi connectivity index (χ4n) is 2.03. The number of piperidine rings is 1. The van der Waals surface area contributed by atoms with E-state index in [9.17, 15) is 9.59 Å². The summed E-state index contributed by atoms with van der Waals surface area (Å²) in [5.41, 5.74) is 0. The monoisotopic (exact) mass is 197 g/mol. The molecule has 2 aliphatic rings. The van der Waals surface area contributed by atoms with Crippen molar-refractivity contribution in [2.45, 2.75) is 19.8 Å². The molecule has 0 radical (unpaired) electrons. The number of rotatable bonds is 4. The summed E-state index contributed by atoms with van der Waals surface area (Å²) in [6.07, 6.45) is 1.63. The Labute approximate surface area is 82.9 Å². The molecule has 0 aromatic heterocycles. The topological polar surface area (TPSA) is 57.6 Å². The second-order valence-electron chi connectivity index (χ2n) is 4.41. The average Bonchev–Trinajstić information content (AvgIpc) is 2.83. The molecule has 1 aliphatic carbocycles. The number of fused-ring (bicyclic) bond motifs is 1. The van der Waals surface area contributed by atoms with Gasteiger partial charge in [-0.2, -0.15) is 0 Å². The van der Waals surface area contributed by atoms with Crippen molar-refractivity contribution in [2.75, 3.05) is 13.1 Å². The molecule has 1 saturated heterocycles. The number of aliphatic carboxylic acids is 1. The minimum atomic E-state index is -0.776. The smallest absolute Gasteiger partial charge is 0.306 e. The maximum Gasteiger partial charge on any atom is 0.306 e. The highest BCUT2D eigenvalue weighted by Crippen LogP contribution is 2.45. The standard InChI is InChI=1S/C10H15NO3/c1-6(10(13)14)2-3-11-5-7-4-8(7)9(11)12/h6-8H,2-5H2,1H3,(H,13,14). The van der Waals surface area contributed by atoms with Crippen LogP contribution in [-0.2, 0) is 9.59 Å². The zero-order valence-corrected chi connectivity index (χ0v) is 8.27. The Balaban J connectivity index is 1.76. The van der Waals surface area contributed by atoms with Crippen LogP contribution in [0.1, 0.15) is 19.8 Å². The van der Waals surface area contributed by atoms with Gasteiger partial charge in [-0.25, -0.2) is 0 Å². The summed E-state index contributed by atoms with van der Waals surface area (Å²) in [6.45, 7) is 3.15. The van der Waals surface area contributed by atoms with E-state index in [1.807, 2.05) is 4.90 Å². The van der Waals surface area contributed by atoms with Gasteiger partial charge >= 0.3 is 5.97 Å². The lowest BCUT2D eigenvalue weighted by atomic mass is 10.1. The molecule has 1 amide bonds. The molecule has 0 aromatic rings. The van der Waals surface area contributed by atoms with Crippen LogP contribution < -0.4 is 0 Å². The number of nitrogens with zero attached hydrogens (tertiary/aromatic N) is 1. The van der Waals surface area contributed by atoms with E-state index < -0.39 is 5.97 Å². The first-order valence-corrected chi connectivity index (χ1v) is 5.11. The van der Waals surface area contributed by atoms with Gasteiger partial charge in [0, 0.05) is 19.0 Å². The van der Waals surface area contributed by atoms with E-state index in [0.29, 0.717) is 18.9 Å². The van der Waals surface area contributed by atoms with Gasteiger partial charge < -0.3 is 10.0 Å². The number of carboxylic acids is 1. The molecule has 4 heteroatoms. The van der Waals surface area contributed by atoms with Crippen LogP contribution in [0.5, 0.6) is 0 Å². The van der Waals surface area contributed by atoms with E-state index in [1.165, 1.54) is 0 Å². The lowest BCUT2D eigenvalue weighted by molar-refractivity contribution is -0.142. The van der Waals surface area contributed by atoms with Crippen molar-refractivity contribution in [3.8, 4) is 0 Å². The third kappa shape index (κ3) is 1.61. The third-order valence-electron chi connectivity index (χ3n) is 3.26.